The highest BCUT2D eigenvalue weighted by Crippen LogP contribution is 2.26. The van der Waals surface area contributed by atoms with Crippen molar-refractivity contribution < 1.29 is 0 Å². The quantitative estimate of drug-likeness (QED) is 0.786. The Morgan fingerprint density at radius 3 is 2.79 bits per heavy atom. The summed E-state index contributed by atoms with van der Waals surface area (Å²) in [5.41, 5.74) is 2.69. The van der Waals surface area contributed by atoms with Crippen molar-refractivity contribution in [2.75, 3.05) is 19.6 Å². The van der Waals surface area contributed by atoms with E-state index in [-0.39, 0.29) is 12.4 Å². The molecule has 1 aliphatic heterocycles. The van der Waals surface area contributed by atoms with Crippen LogP contribution in [0, 0.1) is 0 Å². The van der Waals surface area contributed by atoms with Crippen LogP contribution in [-0.2, 0) is 6.54 Å². The molecule has 0 aliphatic carbocycles. The number of aromatic nitrogens is 1. The third-order valence-electron chi connectivity index (χ3n) is 4.68. The number of rotatable bonds is 3. The average Bonchev–Trinajstić information content (AvgIpc) is 2.63. The lowest BCUT2D eigenvalue weighted by Gasteiger charge is -2.36. The van der Waals surface area contributed by atoms with Gasteiger partial charge >= 0.3 is 0 Å². The van der Waals surface area contributed by atoms with Crippen molar-refractivity contribution in [3.05, 3.63) is 78.1 Å². The van der Waals surface area contributed by atoms with Crippen LogP contribution in [0.15, 0.2) is 67.0 Å². The predicted molar refractivity (Wildman–Crippen MR) is 101 cm³/mol. The van der Waals surface area contributed by atoms with Crippen LogP contribution in [0.25, 0.3) is 10.8 Å². The number of fused-ring (bicyclic) bond motifs is 1. The van der Waals surface area contributed by atoms with E-state index >= 15 is 0 Å². The zero-order valence-corrected chi connectivity index (χ0v) is 14.4. The molecule has 0 saturated carbocycles. The lowest BCUT2D eigenvalue weighted by atomic mass is 10.0. The molecule has 1 saturated heterocycles. The minimum atomic E-state index is 0. The lowest BCUT2D eigenvalue weighted by Crippen LogP contribution is -2.45. The normalized spacial score (nSPS) is 18.2. The number of pyridine rings is 1. The van der Waals surface area contributed by atoms with Crippen molar-refractivity contribution in [1.29, 1.82) is 0 Å². The highest BCUT2D eigenvalue weighted by Gasteiger charge is 2.24. The third-order valence-corrected chi connectivity index (χ3v) is 4.68. The molecule has 124 valence electrons. The molecule has 1 unspecified atom stereocenters. The van der Waals surface area contributed by atoms with Gasteiger partial charge in [0.05, 0.1) is 0 Å². The summed E-state index contributed by atoms with van der Waals surface area (Å²) in [6, 6.07) is 19.9. The second kappa shape index (κ2) is 7.75. The molecule has 4 rings (SSSR count). The van der Waals surface area contributed by atoms with E-state index in [1.807, 2.05) is 18.5 Å². The maximum absolute atomic E-state index is 4.30. The molecule has 0 radical (unpaired) electrons. The van der Waals surface area contributed by atoms with Gasteiger partial charge in [-0.1, -0.05) is 48.5 Å². The van der Waals surface area contributed by atoms with Gasteiger partial charge in [-0.25, -0.2) is 0 Å². The number of hydrogen-bond acceptors (Lipinski definition) is 3. The molecule has 1 fully saturated rings. The Morgan fingerprint density at radius 2 is 1.92 bits per heavy atom. The van der Waals surface area contributed by atoms with E-state index in [2.05, 4.69) is 63.7 Å². The van der Waals surface area contributed by atoms with Gasteiger partial charge in [-0.15, -0.1) is 12.4 Å². The summed E-state index contributed by atoms with van der Waals surface area (Å²) in [5.74, 6) is 0. The van der Waals surface area contributed by atoms with Gasteiger partial charge in [0.15, 0.2) is 0 Å². The first-order chi connectivity index (χ1) is 11.4. The molecular formula is C20H22ClN3. The summed E-state index contributed by atoms with van der Waals surface area (Å²) in [6.45, 7) is 4.06. The summed E-state index contributed by atoms with van der Waals surface area (Å²) in [5, 5.41) is 6.19. The standard InChI is InChI=1S/C20H21N3.ClH/c1-2-9-19-16(5-1)6-3-7-18(19)15-23-12-11-22-14-20(23)17-8-4-10-21-13-17;/h1-10,13,20,22H,11-12,14-15H2;1H. The second-order valence-corrected chi connectivity index (χ2v) is 6.12. The van der Waals surface area contributed by atoms with Crippen LogP contribution in [0.5, 0.6) is 0 Å². The van der Waals surface area contributed by atoms with E-state index in [0.717, 1.165) is 26.2 Å². The van der Waals surface area contributed by atoms with Crippen molar-refractivity contribution in [3.63, 3.8) is 0 Å². The fourth-order valence-electron chi connectivity index (χ4n) is 3.49. The molecule has 1 aromatic heterocycles. The molecule has 1 N–H and O–H groups in total. The van der Waals surface area contributed by atoms with Gasteiger partial charge in [0.1, 0.15) is 0 Å². The first-order valence-corrected chi connectivity index (χ1v) is 8.23. The summed E-state index contributed by atoms with van der Waals surface area (Å²) in [4.78, 5) is 6.86. The summed E-state index contributed by atoms with van der Waals surface area (Å²) in [7, 11) is 0. The van der Waals surface area contributed by atoms with E-state index in [1.54, 1.807) is 0 Å². The molecule has 2 aromatic carbocycles. The number of halogens is 1. The van der Waals surface area contributed by atoms with Crippen molar-refractivity contribution >= 4 is 23.2 Å². The SMILES string of the molecule is Cl.c1cncc(C2CNCCN2Cc2cccc3ccccc23)c1. The first-order valence-electron chi connectivity index (χ1n) is 8.23. The van der Waals surface area contributed by atoms with E-state index in [0.29, 0.717) is 6.04 Å². The maximum atomic E-state index is 4.30. The second-order valence-electron chi connectivity index (χ2n) is 6.12. The number of hydrogen-bond donors (Lipinski definition) is 1. The Kier molecular flexibility index (Phi) is 5.46. The Bertz CT molecular complexity index is 786. The van der Waals surface area contributed by atoms with Crippen LogP contribution >= 0.6 is 12.4 Å². The smallest absolute Gasteiger partial charge is 0.0491 e. The van der Waals surface area contributed by atoms with Crippen LogP contribution in [0.2, 0.25) is 0 Å². The number of nitrogens with one attached hydrogen (secondary N) is 1. The van der Waals surface area contributed by atoms with Gasteiger partial charge in [-0.05, 0) is 28.0 Å². The van der Waals surface area contributed by atoms with Crippen LogP contribution in [-0.4, -0.2) is 29.5 Å². The highest BCUT2D eigenvalue weighted by molar-refractivity contribution is 5.86. The van der Waals surface area contributed by atoms with Gasteiger partial charge in [0.2, 0.25) is 0 Å². The topological polar surface area (TPSA) is 28.2 Å². The fraction of sp³-hybridized carbons (Fsp3) is 0.250. The van der Waals surface area contributed by atoms with Gasteiger partial charge in [-0.2, -0.15) is 0 Å². The highest BCUT2D eigenvalue weighted by atomic mass is 35.5. The fourth-order valence-corrected chi connectivity index (χ4v) is 3.49. The molecule has 4 heteroatoms. The largest absolute Gasteiger partial charge is 0.314 e. The maximum Gasteiger partial charge on any atom is 0.0491 e. The number of nitrogens with zero attached hydrogens (tertiary/aromatic N) is 2. The van der Waals surface area contributed by atoms with Gasteiger partial charge in [0.25, 0.3) is 0 Å². The van der Waals surface area contributed by atoms with Crippen LogP contribution in [0.3, 0.4) is 0 Å². The zero-order valence-electron chi connectivity index (χ0n) is 13.6. The van der Waals surface area contributed by atoms with Crippen molar-refractivity contribution in [1.82, 2.24) is 15.2 Å². The van der Waals surface area contributed by atoms with Crippen LogP contribution < -0.4 is 5.32 Å². The Balaban J connectivity index is 0.00000169. The molecule has 1 atom stereocenters. The van der Waals surface area contributed by atoms with Crippen LogP contribution in [0.4, 0.5) is 0 Å². The van der Waals surface area contributed by atoms with Gasteiger partial charge in [0, 0.05) is 44.6 Å². The molecule has 24 heavy (non-hydrogen) atoms. The lowest BCUT2D eigenvalue weighted by molar-refractivity contribution is 0.154. The minimum Gasteiger partial charge on any atom is -0.314 e. The van der Waals surface area contributed by atoms with Crippen LogP contribution in [0.1, 0.15) is 17.2 Å². The first kappa shape index (κ1) is 16.9. The van der Waals surface area contributed by atoms with Gasteiger partial charge in [-0.3, -0.25) is 9.88 Å². The number of piperazine rings is 1. The molecule has 0 bridgehead atoms. The van der Waals surface area contributed by atoms with E-state index in [4.69, 9.17) is 0 Å². The molecule has 0 amide bonds. The summed E-state index contributed by atoms with van der Waals surface area (Å²) >= 11 is 0. The van der Waals surface area contributed by atoms with Crippen molar-refractivity contribution in [2.24, 2.45) is 0 Å². The molecule has 0 spiro atoms. The van der Waals surface area contributed by atoms with E-state index < -0.39 is 0 Å². The predicted octanol–water partition coefficient (Wildman–Crippen LogP) is 3.80. The van der Waals surface area contributed by atoms with Crippen molar-refractivity contribution in [2.45, 2.75) is 12.6 Å². The van der Waals surface area contributed by atoms with E-state index in [9.17, 15) is 0 Å². The summed E-state index contributed by atoms with van der Waals surface area (Å²) in [6.07, 6.45) is 3.84. The van der Waals surface area contributed by atoms with Gasteiger partial charge < -0.3 is 5.32 Å². The van der Waals surface area contributed by atoms with Crippen molar-refractivity contribution in [3.8, 4) is 0 Å². The Morgan fingerprint density at radius 1 is 1.04 bits per heavy atom. The Labute approximate surface area is 149 Å². The van der Waals surface area contributed by atoms with E-state index in [1.165, 1.54) is 21.9 Å². The Hall–Kier alpha value is -1.94. The zero-order chi connectivity index (χ0) is 15.5. The molecule has 3 aromatic rings. The number of benzene rings is 2. The molecular weight excluding hydrogens is 318 g/mol. The molecule has 1 aliphatic rings. The monoisotopic (exact) mass is 339 g/mol. The summed E-state index contributed by atoms with van der Waals surface area (Å²) < 4.78 is 0. The average molecular weight is 340 g/mol. The molecule has 2 heterocycles. The minimum absolute atomic E-state index is 0. The molecule has 3 nitrogen and oxygen atoms in total. The third kappa shape index (κ3) is 3.44.